The van der Waals surface area contributed by atoms with Gasteiger partial charge < -0.3 is 9.88 Å². The van der Waals surface area contributed by atoms with Gasteiger partial charge in [-0.2, -0.15) is 0 Å². The molecule has 1 heterocycles. The molecule has 0 unspecified atom stereocenters. The molecule has 0 aliphatic rings. The molecule has 18 heavy (non-hydrogen) atoms. The second-order valence-corrected chi connectivity index (χ2v) is 4.99. The van der Waals surface area contributed by atoms with Gasteiger partial charge >= 0.3 is 0 Å². The number of aryl methyl sites for hydroxylation is 2. The molecule has 0 radical (unpaired) electrons. The SMILES string of the molecule is Cn1cccc1CCC(=O)Nc1ccccc1Br. The first-order valence-corrected chi connectivity index (χ1v) is 6.60. The van der Waals surface area contributed by atoms with E-state index in [1.807, 2.05) is 54.2 Å². The number of hydrogen-bond acceptors (Lipinski definition) is 1. The molecule has 0 spiro atoms. The number of rotatable bonds is 4. The zero-order chi connectivity index (χ0) is 13.0. The van der Waals surface area contributed by atoms with Crippen LogP contribution in [0.3, 0.4) is 0 Å². The van der Waals surface area contributed by atoms with E-state index in [4.69, 9.17) is 0 Å². The summed E-state index contributed by atoms with van der Waals surface area (Å²) in [6, 6.07) is 11.6. The minimum absolute atomic E-state index is 0.0306. The molecule has 2 aromatic rings. The number of hydrogen-bond donors (Lipinski definition) is 1. The van der Waals surface area contributed by atoms with Crippen LogP contribution >= 0.6 is 15.9 Å². The fourth-order valence-electron chi connectivity index (χ4n) is 1.77. The van der Waals surface area contributed by atoms with Crippen LogP contribution in [0.25, 0.3) is 0 Å². The molecule has 1 aromatic heterocycles. The van der Waals surface area contributed by atoms with Gasteiger partial charge in [0.1, 0.15) is 0 Å². The van der Waals surface area contributed by atoms with Crippen molar-refractivity contribution >= 4 is 27.5 Å². The van der Waals surface area contributed by atoms with Gasteiger partial charge in [-0.15, -0.1) is 0 Å². The summed E-state index contributed by atoms with van der Waals surface area (Å²) in [6.07, 6.45) is 3.22. The fraction of sp³-hybridized carbons (Fsp3) is 0.214. The lowest BCUT2D eigenvalue weighted by Crippen LogP contribution is -2.13. The standard InChI is InChI=1S/C14H15BrN2O/c1-17-10-4-5-11(17)8-9-14(18)16-13-7-3-2-6-12(13)15/h2-7,10H,8-9H2,1H3,(H,16,18). The summed E-state index contributed by atoms with van der Waals surface area (Å²) in [5, 5.41) is 2.90. The van der Waals surface area contributed by atoms with Crippen LogP contribution in [0.15, 0.2) is 47.1 Å². The Hall–Kier alpha value is -1.55. The van der Waals surface area contributed by atoms with Crippen molar-refractivity contribution in [3.05, 3.63) is 52.8 Å². The molecule has 94 valence electrons. The Kier molecular flexibility index (Phi) is 4.20. The number of anilines is 1. The number of nitrogens with zero attached hydrogens (tertiary/aromatic N) is 1. The van der Waals surface area contributed by atoms with Crippen LogP contribution in [0.1, 0.15) is 12.1 Å². The van der Waals surface area contributed by atoms with Crippen molar-refractivity contribution in [1.29, 1.82) is 0 Å². The van der Waals surface area contributed by atoms with Crippen molar-refractivity contribution in [3.63, 3.8) is 0 Å². The van der Waals surface area contributed by atoms with Crippen LogP contribution in [0, 0.1) is 0 Å². The predicted molar refractivity (Wildman–Crippen MR) is 76.5 cm³/mol. The Labute approximate surface area is 115 Å². The van der Waals surface area contributed by atoms with E-state index in [2.05, 4.69) is 21.2 Å². The van der Waals surface area contributed by atoms with E-state index in [0.717, 1.165) is 22.3 Å². The first-order chi connectivity index (χ1) is 8.66. The molecular weight excluding hydrogens is 292 g/mol. The van der Waals surface area contributed by atoms with E-state index >= 15 is 0 Å². The van der Waals surface area contributed by atoms with Gasteiger partial charge in [0.15, 0.2) is 0 Å². The van der Waals surface area contributed by atoms with Gasteiger partial charge in [-0.05, 0) is 46.6 Å². The molecule has 0 saturated carbocycles. The van der Waals surface area contributed by atoms with Gasteiger partial charge in [-0.1, -0.05) is 12.1 Å². The molecule has 0 aliphatic heterocycles. The maximum absolute atomic E-state index is 11.8. The number of nitrogens with one attached hydrogen (secondary N) is 1. The van der Waals surface area contributed by atoms with Gasteiger partial charge in [-0.3, -0.25) is 4.79 Å². The molecular formula is C14H15BrN2O. The average Bonchev–Trinajstić information content (AvgIpc) is 2.75. The number of para-hydroxylation sites is 1. The van der Waals surface area contributed by atoms with Crippen molar-refractivity contribution in [2.24, 2.45) is 7.05 Å². The Morgan fingerprint density at radius 1 is 1.28 bits per heavy atom. The first-order valence-electron chi connectivity index (χ1n) is 5.81. The highest BCUT2D eigenvalue weighted by molar-refractivity contribution is 9.10. The van der Waals surface area contributed by atoms with Crippen molar-refractivity contribution in [3.8, 4) is 0 Å². The predicted octanol–water partition coefficient (Wildman–Crippen LogP) is 3.36. The Morgan fingerprint density at radius 2 is 2.06 bits per heavy atom. The van der Waals surface area contributed by atoms with Gasteiger partial charge in [0.25, 0.3) is 0 Å². The summed E-state index contributed by atoms with van der Waals surface area (Å²) in [6.45, 7) is 0. The minimum Gasteiger partial charge on any atom is -0.354 e. The number of benzene rings is 1. The molecule has 1 aromatic carbocycles. The number of carbonyl (C=O) groups excluding carboxylic acids is 1. The van der Waals surface area contributed by atoms with Crippen molar-refractivity contribution in [2.75, 3.05) is 5.32 Å². The van der Waals surface area contributed by atoms with E-state index in [0.29, 0.717) is 6.42 Å². The number of amides is 1. The monoisotopic (exact) mass is 306 g/mol. The van der Waals surface area contributed by atoms with Crippen LogP contribution in [0.4, 0.5) is 5.69 Å². The van der Waals surface area contributed by atoms with Crippen molar-refractivity contribution in [2.45, 2.75) is 12.8 Å². The molecule has 0 bridgehead atoms. The van der Waals surface area contributed by atoms with E-state index in [-0.39, 0.29) is 5.91 Å². The summed E-state index contributed by atoms with van der Waals surface area (Å²) in [4.78, 5) is 11.8. The summed E-state index contributed by atoms with van der Waals surface area (Å²) >= 11 is 3.41. The lowest BCUT2D eigenvalue weighted by Gasteiger charge is -2.07. The second kappa shape index (κ2) is 5.87. The first kappa shape index (κ1) is 12.9. The molecule has 1 N–H and O–H groups in total. The lowest BCUT2D eigenvalue weighted by atomic mass is 10.2. The molecule has 0 fully saturated rings. The molecule has 0 aliphatic carbocycles. The third-order valence-electron chi connectivity index (χ3n) is 2.81. The van der Waals surface area contributed by atoms with Crippen molar-refractivity contribution < 1.29 is 4.79 Å². The largest absolute Gasteiger partial charge is 0.354 e. The van der Waals surface area contributed by atoms with Crippen LogP contribution in [0.5, 0.6) is 0 Å². The third-order valence-corrected chi connectivity index (χ3v) is 3.50. The highest BCUT2D eigenvalue weighted by Crippen LogP contribution is 2.21. The zero-order valence-corrected chi connectivity index (χ0v) is 11.8. The molecule has 2 rings (SSSR count). The third kappa shape index (κ3) is 3.23. The van der Waals surface area contributed by atoms with Crippen LogP contribution in [-0.4, -0.2) is 10.5 Å². The average molecular weight is 307 g/mol. The Bertz CT molecular complexity index is 548. The summed E-state index contributed by atoms with van der Waals surface area (Å²) in [5.41, 5.74) is 1.98. The van der Waals surface area contributed by atoms with Gasteiger partial charge in [-0.25, -0.2) is 0 Å². The highest BCUT2D eigenvalue weighted by atomic mass is 79.9. The van der Waals surface area contributed by atoms with Crippen molar-refractivity contribution in [1.82, 2.24) is 4.57 Å². The van der Waals surface area contributed by atoms with Gasteiger partial charge in [0, 0.05) is 29.8 Å². The zero-order valence-electron chi connectivity index (χ0n) is 10.2. The maximum Gasteiger partial charge on any atom is 0.224 e. The Morgan fingerprint density at radius 3 is 2.72 bits per heavy atom. The molecule has 1 amide bonds. The molecule has 3 nitrogen and oxygen atoms in total. The topological polar surface area (TPSA) is 34.0 Å². The van der Waals surface area contributed by atoms with Crippen LogP contribution in [-0.2, 0) is 18.3 Å². The number of carbonyl (C=O) groups is 1. The smallest absolute Gasteiger partial charge is 0.224 e. The molecule has 0 saturated heterocycles. The fourth-order valence-corrected chi connectivity index (χ4v) is 2.16. The van der Waals surface area contributed by atoms with E-state index in [9.17, 15) is 4.79 Å². The normalized spacial score (nSPS) is 10.3. The quantitative estimate of drug-likeness (QED) is 0.923. The van der Waals surface area contributed by atoms with E-state index in [1.165, 1.54) is 0 Å². The maximum atomic E-state index is 11.8. The summed E-state index contributed by atoms with van der Waals surface area (Å²) in [7, 11) is 1.99. The van der Waals surface area contributed by atoms with Crippen LogP contribution in [0.2, 0.25) is 0 Å². The molecule has 4 heteroatoms. The van der Waals surface area contributed by atoms with Gasteiger partial charge in [0.05, 0.1) is 5.69 Å². The highest BCUT2D eigenvalue weighted by Gasteiger charge is 2.06. The minimum atomic E-state index is 0.0306. The van der Waals surface area contributed by atoms with Gasteiger partial charge in [0.2, 0.25) is 5.91 Å². The van der Waals surface area contributed by atoms with E-state index in [1.54, 1.807) is 0 Å². The number of aromatic nitrogens is 1. The second-order valence-electron chi connectivity index (χ2n) is 4.14. The summed E-state index contributed by atoms with van der Waals surface area (Å²) in [5.74, 6) is 0.0306. The van der Waals surface area contributed by atoms with Crippen LogP contribution < -0.4 is 5.32 Å². The number of halogens is 1. The van der Waals surface area contributed by atoms with E-state index < -0.39 is 0 Å². The lowest BCUT2D eigenvalue weighted by molar-refractivity contribution is -0.116. The molecule has 0 atom stereocenters. The Balaban J connectivity index is 1.90. The summed E-state index contributed by atoms with van der Waals surface area (Å²) < 4.78 is 2.93.